The number of hydrogen-bond donors (Lipinski definition) is 2. The van der Waals surface area contributed by atoms with Crippen molar-refractivity contribution < 1.29 is 4.79 Å². The van der Waals surface area contributed by atoms with E-state index in [0.29, 0.717) is 29.8 Å². The van der Waals surface area contributed by atoms with Crippen LogP contribution in [0, 0.1) is 11.8 Å². The van der Waals surface area contributed by atoms with Crippen LogP contribution in [0.5, 0.6) is 0 Å². The summed E-state index contributed by atoms with van der Waals surface area (Å²) in [7, 11) is 0. The molecule has 5 fully saturated rings. The number of hydrazine groups is 1. The molecule has 27 heavy (non-hydrogen) atoms. The molecule has 2 unspecified atom stereocenters. The van der Waals surface area contributed by atoms with E-state index in [9.17, 15) is 4.79 Å². The van der Waals surface area contributed by atoms with E-state index in [4.69, 9.17) is 0 Å². The van der Waals surface area contributed by atoms with Gasteiger partial charge in [-0.25, -0.2) is 0 Å². The summed E-state index contributed by atoms with van der Waals surface area (Å²) in [4.78, 5) is 18.7. The van der Waals surface area contributed by atoms with Crippen molar-refractivity contribution in [1.82, 2.24) is 20.7 Å². The van der Waals surface area contributed by atoms with Crippen LogP contribution in [-0.2, 0) is 4.79 Å². The second-order valence-corrected chi connectivity index (χ2v) is 8.89. The molecule has 5 aliphatic rings. The largest absolute Gasteiger partial charge is 0.337 e. The normalized spacial score (nSPS) is 40.3. The van der Waals surface area contributed by atoms with Gasteiger partial charge < -0.3 is 4.90 Å². The Labute approximate surface area is 162 Å². The van der Waals surface area contributed by atoms with Crippen molar-refractivity contribution in [3.63, 3.8) is 0 Å². The summed E-state index contributed by atoms with van der Waals surface area (Å²) >= 11 is 0. The molecule has 0 radical (unpaired) electrons. The van der Waals surface area contributed by atoms with Crippen molar-refractivity contribution in [1.29, 1.82) is 0 Å². The maximum atomic E-state index is 13.7. The molecule has 5 atom stereocenters. The number of fused-ring (bicyclic) bond motifs is 2. The summed E-state index contributed by atoms with van der Waals surface area (Å²) in [6.45, 7) is 6.28. The summed E-state index contributed by atoms with van der Waals surface area (Å²) in [6.07, 6.45) is 4.68. The van der Waals surface area contributed by atoms with Gasteiger partial charge in [0.2, 0.25) is 5.91 Å². The fourth-order valence-corrected chi connectivity index (χ4v) is 6.27. The summed E-state index contributed by atoms with van der Waals surface area (Å²) in [5.74, 6) is 1.60. The number of nitrogens with one attached hydrogen (secondary N) is 2. The molecule has 1 amide bonds. The Balaban J connectivity index is 1.45. The van der Waals surface area contributed by atoms with Crippen molar-refractivity contribution >= 4 is 5.91 Å². The van der Waals surface area contributed by atoms with Crippen LogP contribution in [0.1, 0.15) is 44.1 Å². The predicted octanol–water partition coefficient (Wildman–Crippen LogP) is 1.97. The fraction of sp³-hybridized carbons (Fsp3) is 0.682. The van der Waals surface area contributed by atoms with Crippen LogP contribution in [0.25, 0.3) is 0 Å². The first kappa shape index (κ1) is 17.7. The third-order valence-electron chi connectivity index (χ3n) is 7.52. The molecule has 0 aromatic heterocycles. The second kappa shape index (κ2) is 7.19. The van der Waals surface area contributed by atoms with Gasteiger partial charge in [-0.3, -0.25) is 20.5 Å². The number of carbonyl (C=O) groups excluding carboxylic acids is 1. The SMILES string of the molecule is CCCC1NNCC1C(=O)N1C[C@H](c2ccccc2)[C@H]2[C@@H]1C1CCN2CC1. The van der Waals surface area contributed by atoms with E-state index in [1.807, 2.05) is 0 Å². The maximum absolute atomic E-state index is 13.7. The molecular formula is C22H32N4O. The van der Waals surface area contributed by atoms with Crippen molar-refractivity contribution in [2.45, 2.75) is 56.7 Å². The van der Waals surface area contributed by atoms with Gasteiger partial charge >= 0.3 is 0 Å². The van der Waals surface area contributed by atoms with Crippen LogP contribution in [0.2, 0.25) is 0 Å². The lowest BCUT2D eigenvalue weighted by Gasteiger charge is -2.51. The minimum atomic E-state index is 0.0792. The molecule has 0 aliphatic carbocycles. The monoisotopic (exact) mass is 368 g/mol. The molecule has 2 N–H and O–H groups in total. The summed E-state index contributed by atoms with van der Waals surface area (Å²) < 4.78 is 0. The molecule has 1 aromatic carbocycles. The Morgan fingerprint density at radius 1 is 1.15 bits per heavy atom. The summed E-state index contributed by atoms with van der Waals surface area (Å²) in [5, 5.41) is 0. The van der Waals surface area contributed by atoms with Crippen molar-refractivity contribution in [2.24, 2.45) is 11.8 Å². The molecule has 2 bridgehead atoms. The molecule has 5 heteroatoms. The first-order chi connectivity index (χ1) is 13.3. The first-order valence-electron chi connectivity index (χ1n) is 10.9. The minimum absolute atomic E-state index is 0.0792. The second-order valence-electron chi connectivity index (χ2n) is 8.89. The Morgan fingerprint density at radius 3 is 2.67 bits per heavy atom. The van der Waals surface area contributed by atoms with Crippen molar-refractivity contribution in [2.75, 3.05) is 26.2 Å². The quantitative estimate of drug-likeness (QED) is 0.853. The number of benzene rings is 1. The number of nitrogens with zero attached hydrogens (tertiary/aromatic N) is 2. The van der Waals surface area contributed by atoms with E-state index in [-0.39, 0.29) is 12.0 Å². The molecule has 5 heterocycles. The highest BCUT2D eigenvalue weighted by Gasteiger charge is 2.55. The number of likely N-dealkylation sites (tertiary alicyclic amines) is 1. The molecule has 0 spiro atoms. The van der Waals surface area contributed by atoms with E-state index in [0.717, 1.165) is 25.9 Å². The van der Waals surface area contributed by atoms with E-state index >= 15 is 0 Å². The maximum Gasteiger partial charge on any atom is 0.228 e. The van der Waals surface area contributed by atoms with Crippen LogP contribution >= 0.6 is 0 Å². The third kappa shape index (κ3) is 2.91. The number of hydrogen-bond acceptors (Lipinski definition) is 4. The Kier molecular flexibility index (Phi) is 4.70. The number of carbonyl (C=O) groups is 1. The number of rotatable bonds is 4. The predicted molar refractivity (Wildman–Crippen MR) is 106 cm³/mol. The average molecular weight is 369 g/mol. The average Bonchev–Trinajstić information content (AvgIpc) is 3.35. The molecule has 1 aromatic rings. The van der Waals surface area contributed by atoms with Gasteiger partial charge in [0, 0.05) is 31.1 Å². The van der Waals surface area contributed by atoms with Crippen LogP contribution < -0.4 is 10.9 Å². The topological polar surface area (TPSA) is 47.6 Å². The zero-order chi connectivity index (χ0) is 18.4. The molecule has 5 aliphatic heterocycles. The van der Waals surface area contributed by atoms with Gasteiger partial charge in [-0.15, -0.1) is 0 Å². The minimum Gasteiger partial charge on any atom is -0.337 e. The van der Waals surface area contributed by atoms with Crippen molar-refractivity contribution in [3.05, 3.63) is 35.9 Å². The highest BCUT2D eigenvalue weighted by Crippen LogP contribution is 2.47. The first-order valence-corrected chi connectivity index (χ1v) is 10.9. The van der Waals surface area contributed by atoms with Gasteiger partial charge in [0.1, 0.15) is 0 Å². The van der Waals surface area contributed by atoms with Crippen LogP contribution in [0.4, 0.5) is 0 Å². The number of amides is 1. The molecule has 146 valence electrons. The molecule has 5 nitrogen and oxygen atoms in total. The zero-order valence-corrected chi connectivity index (χ0v) is 16.3. The van der Waals surface area contributed by atoms with E-state index in [1.165, 1.54) is 31.5 Å². The Bertz CT molecular complexity index is 672. The lowest BCUT2D eigenvalue weighted by Crippen LogP contribution is -2.61. The third-order valence-corrected chi connectivity index (χ3v) is 7.52. The van der Waals surface area contributed by atoms with Gasteiger partial charge in [0.15, 0.2) is 0 Å². The molecular weight excluding hydrogens is 336 g/mol. The lowest BCUT2D eigenvalue weighted by atomic mass is 9.75. The van der Waals surface area contributed by atoms with Crippen LogP contribution in [0.3, 0.4) is 0 Å². The highest BCUT2D eigenvalue weighted by atomic mass is 16.2. The molecule has 6 rings (SSSR count). The Hall–Kier alpha value is -1.43. The number of piperidine rings is 3. The summed E-state index contributed by atoms with van der Waals surface area (Å²) in [5.41, 5.74) is 8.01. The Morgan fingerprint density at radius 2 is 1.93 bits per heavy atom. The van der Waals surface area contributed by atoms with Crippen LogP contribution in [0.15, 0.2) is 30.3 Å². The van der Waals surface area contributed by atoms with Gasteiger partial charge in [-0.1, -0.05) is 43.7 Å². The highest BCUT2D eigenvalue weighted by molar-refractivity contribution is 5.81. The van der Waals surface area contributed by atoms with E-state index in [1.54, 1.807) is 0 Å². The summed E-state index contributed by atoms with van der Waals surface area (Å²) in [6, 6.07) is 12.1. The molecule has 0 saturated carbocycles. The smallest absolute Gasteiger partial charge is 0.228 e. The van der Waals surface area contributed by atoms with Gasteiger partial charge in [-0.2, -0.15) is 0 Å². The fourth-order valence-electron chi connectivity index (χ4n) is 6.27. The van der Waals surface area contributed by atoms with Crippen molar-refractivity contribution in [3.8, 4) is 0 Å². The molecule has 5 saturated heterocycles. The van der Waals surface area contributed by atoms with E-state index in [2.05, 4.69) is 57.9 Å². The van der Waals surface area contributed by atoms with Crippen LogP contribution in [-0.4, -0.2) is 60.0 Å². The van der Waals surface area contributed by atoms with Gasteiger partial charge in [0.05, 0.1) is 12.0 Å². The van der Waals surface area contributed by atoms with Gasteiger partial charge in [0.25, 0.3) is 0 Å². The standard InChI is InChI=1S/C22H32N4O/c1-2-6-19-17(13-23-24-19)22(27)26-14-18(15-7-4-3-5-8-15)21-20(26)16-9-11-25(21)12-10-16/h3-5,7-8,16-21,23-24H,2,6,9-14H2,1H3/t17?,18-,19?,20+,21+/m1/s1. The lowest BCUT2D eigenvalue weighted by molar-refractivity contribution is -0.140. The van der Waals surface area contributed by atoms with E-state index < -0.39 is 0 Å². The zero-order valence-electron chi connectivity index (χ0n) is 16.3. The van der Waals surface area contributed by atoms with Gasteiger partial charge in [-0.05, 0) is 43.8 Å².